The number of ether oxygens (including phenoxy) is 3. The summed E-state index contributed by atoms with van der Waals surface area (Å²) >= 11 is 0. The monoisotopic (exact) mass is 341 g/mol. The van der Waals surface area contributed by atoms with Gasteiger partial charge in [-0.1, -0.05) is 42.5 Å². The lowest BCUT2D eigenvalue weighted by Gasteiger charge is -2.34. The highest BCUT2D eigenvalue weighted by Gasteiger charge is 2.29. The molecule has 1 N–H and O–H groups in total. The van der Waals surface area contributed by atoms with E-state index in [9.17, 15) is 0 Å². The lowest BCUT2D eigenvalue weighted by atomic mass is 10.0. The second kappa shape index (κ2) is 8.48. The molecule has 1 aliphatic rings. The molecule has 1 aliphatic heterocycles. The molecule has 1 heterocycles. The third kappa shape index (κ3) is 4.82. The molecular formula is C21H27NO3. The average molecular weight is 341 g/mol. The summed E-state index contributed by atoms with van der Waals surface area (Å²) in [6.45, 7) is 7.58. The predicted molar refractivity (Wildman–Crippen MR) is 98.6 cm³/mol. The zero-order chi connectivity index (χ0) is 17.6. The summed E-state index contributed by atoms with van der Waals surface area (Å²) < 4.78 is 18.0. The number of hydrogen-bond donors (Lipinski definition) is 1. The van der Waals surface area contributed by atoms with Gasteiger partial charge >= 0.3 is 0 Å². The van der Waals surface area contributed by atoms with Gasteiger partial charge in [-0.2, -0.15) is 0 Å². The fourth-order valence-electron chi connectivity index (χ4n) is 3.03. The Bertz CT molecular complexity index is 659. The highest BCUT2D eigenvalue weighted by atomic mass is 16.7. The van der Waals surface area contributed by atoms with Crippen molar-refractivity contribution in [2.24, 2.45) is 0 Å². The van der Waals surface area contributed by atoms with Gasteiger partial charge in [0.2, 0.25) is 0 Å². The Balaban J connectivity index is 1.71. The zero-order valence-corrected chi connectivity index (χ0v) is 15.1. The smallest absolute Gasteiger partial charge is 0.177 e. The van der Waals surface area contributed by atoms with E-state index >= 15 is 0 Å². The second-order valence-corrected chi connectivity index (χ2v) is 6.60. The Labute approximate surface area is 150 Å². The summed E-state index contributed by atoms with van der Waals surface area (Å²) in [5.74, 6) is 0.866. The summed E-state index contributed by atoms with van der Waals surface area (Å²) in [5.41, 5.74) is 2.26. The SMILES string of the molecule is CC(C)Oc1cccc(C(C)OC2OCCNC2c2ccccc2)c1. The molecule has 0 bridgehead atoms. The van der Waals surface area contributed by atoms with E-state index < -0.39 is 0 Å². The topological polar surface area (TPSA) is 39.7 Å². The Morgan fingerprint density at radius 2 is 1.84 bits per heavy atom. The Morgan fingerprint density at radius 1 is 1.04 bits per heavy atom. The van der Waals surface area contributed by atoms with Crippen LogP contribution >= 0.6 is 0 Å². The third-order valence-corrected chi connectivity index (χ3v) is 4.22. The Hall–Kier alpha value is -1.88. The van der Waals surface area contributed by atoms with Crippen LogP contribution in [0.3, 0.4) is 0 Å². The van der Waals surface area contributed by atoms with Crippen LogP contribution in [0, 0.1) is 0 Å². The molecule has 1 saturated heterocycles. The zero-order valence-electron chi connectivity index (χ0n) is 15.1. The van der Waals surface area contributed by atoms with E-state index in [-0.39, 0.29) is 24.5 Å². The van der Waals surface area contributed by atoms with E-state index in [0.29, 0.717) is 6.61 Å². The maximum Gasteiger partial charge on any atom is 0.177 e. The predicted octanol–water partition coefficient (Wildman–Crippen LogP) is 4.24. The van der Waals surface area contributed by atoms with Crippen LogP contribution in [0.4, 0.5) is 0 Å². The summed E-state index contributed by atoms with van der Waals surface area (Å²) in [6, 6.07) is 18.4. The number of hydrogen-bond acceptors (Lipinski definition) is 4. The van der Waals surface area contributed by atoms with E-state index in [1.54, 1.807) is 0 Å². The first-order chi connectivity index (χ1) is 12.1. The van der Waals surface area contributed by atoms with Crippen molar-refractivity contribution in [3.8, 4) is 5.75 Å². The molecule has 4 heteroatoms. The maximum atomic E-state index is 6.26. The van der Waals surface area contributed by atoms with E-state index in [1.165, 1.54) is 5.56 Å². The van der Waals surface area contributed by atoms with Crippen LogP contribution in [0.15, 0.2) is 54.6 Å². The molecule has 3 atom stereocenters. The molecule has 0 radical (unpaired) electrons. The van der Waals surface area contributed by atoms with Crippen LogP contribution in [-0.4, -0.2) is 25.5 Å². The van der Waals surface area contributed by atoms with Crippen molar-refractivity contribution in [1.29, 1.82) is 0 Å². The highest BCUT2D eigenvalue weighted by molar-refractivity contribution is 5.30. The summed E-state index contributed by atoms with van der Waals surface area (Å²) in [6.07, 6.45) is -0.257. The molecule has 0 aromatic heterocycles. The van der Waals surface area contributed by atoms with Crippen molar-refractivity contribution < 1.29 is 14.2 Å². The van der Waals surface area contributed by atoms with Gasteiger partial charge in [-0.25, -0.2) is 0 Å². The first-order valence-corrected chi connectivity index (χ1v) is 8.95. The van der Waals surface area contributed by atoms with E-state index in [0.717, 1.165) is 17.9 Å². The van der Waals surface area contributed by atoms with Crippen molar-refractivity contribution in [3.63, 3.8) is 0 Å². The van der Waals surface area contributed by atoms with Gasteiger partial charge in [0.15, 0.2) is 6.29 Å². The molecule has 3 rings (SSSR count). The number of nitrogens with one attached hydrogen (secondary N) is 1. The van der Waals surface area contributed by atoms with Gasteiger partial charge in [0, 0.05) is 6.54 Å². The number of benzene rings is 2. The van der Waals surface area contributed by atoms with Gasteiger partial charge in [0.25, 0.3) is 0 Å². The molecule has 0 amide bonds. The second-order valence-electron chi connectivity index (χ2n) is 6.60. The molecule has 2 aromatic rings. The number of morpholine rings is 1. The molecule has 0 spiro atoms. The van der Waals surface area contributed by atoms with Gasteiger partial charge in [-0.05, 0) is 44.0 Å². The summed E-state index contributed by atoms with van der Waals surface area (Å²) in [4.78, 5) is 0. The van der Waals surface area contributed by atoms with Crippen LogP contribution in [0.25, 0.3) is 0 Å². The van der Waals surface area contributed by atoms with E-state index in [1.807, 2.05) is 50.2 Å². The van der Waals surface area contributed by atoms with Crippen LogP contribution in [0.1, 0.15) is 44.0 Å². The molecule has 0 aliphatic carbocycles. The minimum Gasteiger partial charge on any atom is -0.491 e. The van der Waals surface area contributed by atoms with Gasteiger partial charge in [0.1, 0.15) is 5.75 Å². The third-order valence-electron chi connectivity index (χ3n) is 4.22. The minimum absolute atomic E-state index is 0.0347. The fraction of sp³-hybridized carbons (Fsp3) is 0.429. The van der Waals surface area contributed by atoms with Gasteiger partial charge in [-0.3, -0.25) is 0 Å². The largest absolute Gasteiger partial charge is 0.491 e. The normalized spacial score (nSPS) is 21.9. The van der Waals surface area contributed by atoms with Crippen molar-refractivity contribution in [2.45, 2.75) is 45.3 Å². The minimum atomic E-state index is -0.319. The van der Waals surface area contributed by atoms with Crippen LogP contribution in [0.2, 0.25) is 0 Å². The van der Waals surface area contributed by atoms with Crippen molar-refractivity contribution >= 4 is 0 Å². The Morgan fingerprint density at radius 3 is 2.60 bits per heavy atom. The maximum absolute atomic E-state index is 6.26. The molecular weight excluding hydrogens is 314 g/mol. The van der Waals surface area contributed by atoms with E-state index in [4.69, 9.17) is 14.2 Å². The molecule has 0 saturated carbocycles. The first kappa shape index (κ1) is 17.9. The highest BCUT2D eigenvalue weighted by Crippen LogP contribution is 2.29. The lowest BCUT2D eigenvalue weighted by molar-refractivity contribution is -0.200. The molecule has 2 aromatic carbocycles. The van der Waals surface area contributed by atoms with Gasteiger partial charge < -0.3 is 19.5 Å². The number of rotatable bonds is 6. The lowest BCUT2D eigenvalue weighted by Crippen LogP contribution is -2.43. The molecule has 4 nitrogen and oxygen atoms in total. The molecule has 25 heavy (non-hydrogen) atoms. The van der Waals surface area contributed by atoms with Gasteiger partial charge in [0.05, 0.1) is 24.9 Å². The Kier molecular flexibility index (Phi) is 6.08. The molecule has 134 valence electrons. The quantitative estimate of drug-likeness (QED) is 0.853. The van der Waals surface area contributed by atoms with Crippen molar-refractivity contribution in [2.75, 3.05) is 13.2 Å². The summed E-state index contributed by atoms with van der Waals surface area (Å²) in [7, 11) is 0. The average Bonchev–Trinajstić information content (AvgIpc) is 2.62. The molecule has 3 unspecified atom stereocenters. The van der Waals surface area contributed by atoms with Crippen LogP contribution < -0.4 is 10.1 Å². The van der Waals surface area contributed by atoms with Gasteiger partial charge in [-0.15, -0.1) is 0 Å². The van der Waals surface area contributed by atoms with Crippen LogP contribution in [0.5, 0.6) is 5.75 Å². The van der Waals surface area contributed by atoms with Crippen molar-refractivity contribution in [1.82, 2.24) is 5.32 Å². The first-order valence-electron chi connectivity index (χ1n) is 8.95. The molecule has 1 fully saturated rings. The van der Waals surface area contributed by atoms with Crippen LogP contribution in [-0.2, 0) is 9.47 Å². The van der Waals surface area contributed by atoms with E-state index in [2.05, 4.69) is 30.4 Å². The fourth-order valence-corrected chi connectivity index (χ4v) is 3.03. The van der Waals surface area contributed by atoms with Crippen molar-refractivity contribution in [3.05, 3.63) is 65.7 Å². The summed E-state index contributed by atoms with van der Waals surface area (Å²) in [5, 5.41) is 3.51. The standard InChI is InChI=1S/C21H27NO3/c1-15(2)24-19-11-7-10-18(14-19)16(3)25-21-20(22-12-13-23-21)17-8-5-4-6-9-17/h4-11,14-16,20-22H,12-13H2,1-3H3.